The molecule has 1 aliphatic heterocycles. The Morgan fingerprint density at radius 1 is 1.53 bits per heavy atom. The van der Waals surface area contributed by atoms with E-state index in [-0.39, 0.29) is 11.9 Å². The van der Waals surface area contributed by atoms with E-state index in [2.05, 4.69) is 4.90 Å². The molecule has 4 heteroatoms. The summed E-state index contributed by atoms with van der Waals surface area (Å²) in [6, 6.07) is 4.72. The molecule has 0 amide bonds. The van der Waals surface area contributed by atoms with Gasteiger partial charge in [0.25, 0.3) is 0 Å². The van der Waals surface area contributed by atoms with Crippen molar-refractivity contribution in [3.8, 4) is 0 Å². The molecule has 0 saturated carbocycles. The van der Waals surface area contributed by atoms with Gasteiger partial charge < -0.3 is 5.73 Å². The first-order valence-corrected chi connectivity index (χ1v) is 5.45. The van der Waals surface area contributed by atoms with Crippen LogP contribution < -0.4 is 5.73 Å². The zero-order valence-electron chi connectivity index (χ0n) is 8.42. The van der Waals surface area contributed by atoms with Crippen LogP contribution in [-0.4, -0.2) is 24.0 Å². The second-order valence-corrected chi connectivity index (χ2v) is 4.43. The van der Waals surface area contributed by atoms with Crippen molar-refractivity contribution >= 4 is 11.6 Å². The first-order chi connectivity index (χ1) is 7.15. The standard InChI is InChI=1S/C11H14ClFN2/c12-11-2-1-9(13)5-8(11)6-15-4-3-10(14)7-15/h1-2,5,10H,3-4,6-7,14H2. The fraction of sp³-hybridized carbons (Fsp3) is 0.455. The Balaban J connectivity index is 2.07. The molecule has 2 rings (SSSR count). The molecule has 2 N–H and O–H groups in total. The smallest absolute Gasteiger partial charge is 0.123 e. The van der Waals surface area contributed by atoms with Gasteiger partial charge in [-0.1, -0.05) is 11.6 Å². The van der Waals surface area contributed by atoms with Gasteiger partial charge >= 0.3 is 0 Å². The third-order valence-electron chi connectivity index (χ3n) is 2.71. The second kappa shape index (κ2) is 4.47. The number of benzene rings is 1. The lowest BCUT2D eigenvalue weighted by atomic mass is 10.2. The van der Waals surface area contributed by atoms with Crippen molar-refractivity contribution in [1.29, 1.82) is 0 Å². The number of hydrogen-bond donors (Lipinski definition) is 1. The highest BCUT2D eigenvalue weighted by Crippen LogP contribution is 2.20. The Bertz CT molecular complexity index is 356. The predicted molar refractivity (Wildman–Crippen MR) is 59.3 cm³/mol. The first kappa shape index (κ1) is 10.9. The minimum Gasteiger partial charge on any atom is -0.326 e. The molecule has 1 fully saturated rings. The monoisotopic (exact) mass is 228 g/mol. The SMILES string of the molecule is NC1CCN(Cc2cc(F)ccc2Cl)C1. The van der Waals surface area contributed by atoms with E-state index >= 15 is 0 Å². The molecule has 1 aromatic carbocycles. The molecule has 0 bridgehead atoms. The highest BCUT2D eigenvalue weighted by atomic mass is 35.5. The largest absolute Gasteiger partial charge is 0.326 e. The molecular formula is C11H14ClFN2. The third kappa shape index (κ3) is 2.68. The zero-order chi connectivity index (χ0) is 10.8. The highest BCUT2D eigenvalue weighted by molar-refractivity contribution is 6.31. The second-order valence-electron chi connectivity index (χ2n) is 4.02. The number of nitrogens with two attached hydrogens (primary N) is 1. The van der Waals surface area contributed by atoms with Crippen LogP contribution in [0.3, 0.4) is 0 Å². The number of halogens is 2. The lowest BCUT2D eigenvalue weighted by Crippen LogP contribution is -2.26. The molecule has 1 aromatic rings. The minimum absolute atomic E-state index is 0.238. The summed E-state index contributed by atoms with van der Waals surface area (Å²) < 4.78 is 13.0. The quantitative estimate of drug-likeness (QED) is 0.839. The van der Waals surface area contributed by atoms with Crippen LogP contribution in [0.15, 0.2) is 18.2 Å². The van der Waals surface area contributed by atoms with E-state index in [4.69, 9.17) is 17.3 Å². The average Bonchev–Trinajstić information content (AvgIpc) is 2.58. The Hall–Kier alpha value is -0.640. The van der Waals surface area contributed by atoms with Gasteiger partial charge in [-0.2, -0.15) is 0 Å². The van der Waals surface area contributed by atoms with Crippen LogP contribution in [0.4, 0.5) is 4.39 Å². The van der Waals surface area contributed by atoms with Crippen LogP contribution in [0.1, 0.15) is 12.0 Å². The summed E-state index contributed by atoms with van der Waals surface area (Å²) in [5, 5.41) is 0.622. The number of likely N-dealkylation sites (tertiary alicyclic amines) is 1. The van der Waals surface area contributed by atoms with Crippen LogP contribution in [0.5, 0.6) is 0 Å². The van der Waals surface area contributed by atoms with E-state index < -0.39 is 0 Å². The van der Waals surface area contributed by atoms with E-state index in [1.807, 2.05) is 0 Å². The van der Waals surface area contributed by atoms with Crippen molar-refractivity contribution in [1.82, 2.24) is 4.90 Å². The molecular weight excluding hydrogens is 215 g/mol. The van der Waals surface area contributed by atoms with Crippen molar-refractivity contribution in [2.75, 3.05) is 13.1 Å². The maximum absolute atomic E-state index is 13.0. The highest BCUT2D eigenvalue weighted by Gasteiger charge is 2.19. The Kier molecular flexibility index (Phi) is 3.24. The van der Waals surface area contributed by atoms with Crippen molar-refractivity contribution in [3.63, 3.8) is 0 Å². The molecule has 1 atom stereocenters. The molecule has 0 aliphatic carbocycles. The molecule has 0 radical (unpaired) electrons. The molecule has 1 saturated heterocycles. The van der Waals surface area contributed by atoms with Gasteiger partial charge in [0, 0.05) is 30.7 Å². The maximum atomic E-state index is 13.0. The van der Waals surface area contributed by atoms with Gasteiger partial charge in [0.2, 0.25) is 0 Å². The lowest BCUT2D eigenvalue weighted by molar-refractivity contribution is 0.326. The fourth-order valence-electron chi connectivity index (χ4n) is 1.91. The van der Waals surface area contributed by atoms with Gasteiger partial charge in [-0.3, -0.25) is 4.90 Å². The number of rotatable bonds is 2. The van der Waals surface area contributed by atoms with E-state index in [1.54, 1.807) is 6.07 Å². The van der Waals surface area contributed by atoms with Crippen LogP contribution in [0.2, 0.25) is 5.02 Å². The summed E-state index contributed by atoms with van der Waals surface area (Å²) in [7, 11) is 0. The van der Waals surface area contributed by atoms with Gasteiger partial charge in [-0.25, -0.2) is 4.39 Å². The molecule has 0 aromatic heterocycles. The lowest BCUT2D eigenvalue weighted by Gasteiger charge is -2.15. The van der Waals surface area contributed by atoms with E-state index in [0.29, 0.717) is 11.6 Å². The predicted octanol–water partition coefficient (Wildman–Crippen LogP) is 2.01. The Morgan fingerprint density at radius 3 is 3.00 bits per heavy atom. The molecule has 1 unspecified atom stereocenters. The van der Waals surface area contributed by atoms with Crippen molar-refractivity contribution in [2.45, 2.75) is 19.0 Å². The van der Waals surface area contributed by atoms with E-state index in [1.165, 1.54) is 12.1 Å². The van der Waals surface area contributed by atoms with Gasteiger partial charge in [-0.05, 0) is 30.2 Å². The van der Waals surface area contributed by atoms with Crippen LogP contribution in [0, 0.1) is 5.82 Å². The summed E-state index contributed by atoms with van der Waals surface area (Å²) >= 11 is 5.99. The van der Waals surface area contributed by atoms with E-state index in [9.17, 15) is 4.39 Å². The van der Waals surface area contributed by atoms with Gasteiger partial charge in [0.15, 0.2) is 0 Å². The topological polar surface area (TPSA) is 29.3 Å². The fourth-order valence-corrected chi connectivity index (χ4v) is 2.09. The molecule has 0 spiro atoms. The first-order valence-electron chi connectivity index (χ1n) is 5.07. The average molecular weight is 229 g/mol. The minimum atomic E-state index is -0.238. The molecule has 2 nitrogen and oxygen atoms in total. The van der Waals surface area contributed by atoms with Crippen LogP contribution in [-0.2, 0) is 6.54 Å². The van der Waals surface area contributed by atoms with Crippen molar-refractivity contribution in [2.24, 2.45) is 5.73 Å². The van der Waals surface area contributed by atoms with Crippen LogP contribution in [0.25, 0.3) is 0 Å². The maximum Gasteiger partial charge on any atom is 0.123 e. The molecule has 15 heavy (non-hydrogen) atoms. The molecule has 82 valence electrons. The summed E-state index contributed by atoms with van der Waals surface area (Å²) in [5.41, 5.74) is 6.64. The van der Waals surface area contributed by atoms with Gasteiger partial charge in [0.1, 0.15) is 5.82 Å². The summed E-state index contributed by atoms with van der Waals surface area (Å²) in [6.07, 6.45) is 1.01. The normalized spacial score (nSPS) is 22.2. The Labute approximate surface area is 93.8 Å². The van der Waals surface area contributed by atoms with Crippen LogP contribution >= 0.6 is 11.6 Å². The third-order valence-corrected chi connectivity index (χ3v) is 3.08. The molecule has 1 aliphatic rings. The summed E-state index contributed by atoms with van der Waals surface area (Å²) in [4.78, 5) is 2.20. The van der Waals surface area contributed by atoms with Crippen molar-refractivity contribution < 1.29 is 4.39 Å². The van der Waals surface area contributed by atoms with Gasteiger partial charge in [-0.15, -0.1) is 0 Å². The number of hydrogen-bond acceptors (Lipinski definition) is 2. The summed E-state index contributed by atoms with van der Waals surface area (Å²) in [6.45, 7) is 2.52. The summed E-state index contributed by atoms with van der Waals surface area (Å²) in [5.74, 6) is -0.238. The Morgan fingerprint density at radius 2 is 2.33 bits per heavy atom. The van der Waals surface area contributed by atoms with E-state index in [0.717, 1.165) is 25.1 Å². The van der Waals surface area contributed by atoms with Gasteiger partial charge in [0.05, 0.1) is 0 Å². The zero-order valence-corrected chi connectivity index (χ0v) is 9.17. The number of nitrogens with zero attached hydrogens (tertiary/aromatic N) is 1. The molecule has 1 heterocycles. The van der Waals surface area contributed by atoms with Crippen molar-refractivity contribution in [3.05, 3.63) is 34.6 Å².